The Hall–Kier alpha value is -1.13. The van der Waals surface area contributed by atoms with Gasteiger partial charge in [-0.05, 0) is 38.3 Å². The van der Waals surface area contributed by atoms with Crippen molar-refractivity contribution in [3.63, 3.8) is 0 Å². The van der Waals surface area contributed by atoms with E-state index in [1.807, 2.05) is 6.92 Å². The third-order valence-electron chi connectivity index (χ3n) is 4.01. The summed E-state index contributed by atoms with van der Waals surface area (Å²) < 4.78 is 30.5. The highest BCUT2D eigenvalue weighted by Crippen LogP contribution is 2.33. The highest BCUT2D eigenvalue weighted by molar-refractivity contribution is 7.86. The van der Waals surface area contributed by atoms with Crippen LogP contribution in [0.15, 0.2) is 29.2 Å². The van der Waals surface area contributed by atoms with Crippen molar-refractivity contribution in [3.05, 3.63) is 29.8 Å². The molecule has 4 nitrogen and oxygen atoms in total. The molecule has 1 fully saturated rings. The molecule has 1 aromatic carbocycles. The maximum atomic E-state index is 12.5. The van der Waals surface area contributed by atoms with E-state index >= 15 is 0 Å². The van der Waals surface area contributed by atoms with E-state index in [0.717, 1.165) is 18.4 Å². The Balaban J connectivity index is 2.27. The molecule has 0 radical (unpaired) electrons. The molecule has 0 aromatic heterocycles. The SMILES string of the molecule is Cc1ccc(S(=O)(=O)OC2CCCCC2(O)C#C[Si](C)(C)C)cc1. The van der Waals surface area contributed by atoms with Gasteiger partial charge in [0, 0.05) is 0 Å². The van der Waals surface area contributed by atoms with Crippen molar-refractivity contribution in [2.45, 2.75) is 68.8 Å². The largest absolute Gasteiger partial charge is 0.375 e. The summed E-state index contributed by atoms with van der Waals surface area (Å²) in [5.41, 5.74) is 2.74. The molecule has 0 amide bonds. The molecule has 2 atom stereocenters. The van der Waals surface area contributed by atoms with Crippen LogP contribution in [-0.4, -0.2) is 33.3 Å². The van der Waals surface area contributed by atoms with E-state index in [-0.39, 0.29) is 4.90 Å². The van der Waals surface area contributed by atoms with Crippen LogP contribution in [-0.2, 0) is 14.3 Å². The van der Waals surface area contributed by atoms with Crippen LogP contribution < -0.4 is 0 Å². The minimum absolute atomic E-state index is 0.110. The Morgan fingerprint density at radius 1 is 1.21 bits per heavy atom. The van der Waals surface area contributed by atoms with Crippen LogP contribution in [0.3, 0.4) is 0 Å². The van der Waals surface area contributed by atoms with Crippen LogP contribution in [0.4, 0.5) is 0 Å². The lowest BCUT2D eigenvalue weighted by Gasteiger charge is -2.35. The average molecular weight is 367 g/mol. The summed E-state index contributed by atoms with van der Waals surface area (Å²) in [6.07, 6.45) is 1.76. The van der Waals surface area contributed by atoms with Gasteiger partial charge in [-0.25, -0.2) is 0 Å². The molecule has 1 aliphatic carbocycles. The van der Waals surface area contributed by atoms with Crippen LogP contribution in [0, 0.1) is 18.4 Å². The van der Waals surface area contributed by atoms with Gasteiger partial charge in [-0.1, -0.05) is 49.7 Å². The van der Waals surface area contributed by atoms with E-state index in [1.54, 1.807) is 12.1 Å². The van der Waals surface area contributed by atoms with Gasteiger partial charge in [0.1, 0.15) is 14.2 Å². The second kappa shape index (κ2) is 7.01. The summed E-state index contributed by atoms with van der Waals surface area (Å²) in [4.78, 5) is 0.110. The fourth-order valence-electron chi connectivity index (χ4n) is 2.60. The van der Waals surface area contributed by atoms with E-state index in [1.165, 1.54) is 12.1 Å². The number of hydrogen-bond donors (Lipinski definition) is 1. The molecule has 6 heteroatoms. The number of aliphatic hydroxyl groups is 1. The lowest BCUT2D eigenvalue weighted by molar-refractivity contribution is -0.0419. The first-order valence-electron chi connectivity index (χ1n) is 8.29. The zero-order valence-corrected chi connectivity index (χ0v) is 16.6. The highest BCUT2D eigenvalue weighted by atomic mass is 32.2. The first-order valence-corrected chi connectivity index (χ1v) is 13.2. The lowest BCUT2D eigenvalue weighted by atomic mass is 9.83. The lowest BCUT2D eigenvalue weighted by Crippen LogP contribution is -2.46. The molecule has 2 rings (SSSR count). The van der Waals surface area contributed by atoms with Crippen molar-refractivity contribution in [3.8, 4) is 11.5 Å². The van der Waals surface area contributed by atoms with Gasteiger partial charge in [0.2, 0.25) is 0 Å². The fourth-order valence-corrected chi connectivity index (χ4v) is 4.34. The second-order valence-electron chi connectivity index (χ2n) is 7.52. The van der Waals surface area contributed by atoms with Crippen LogP contribution in [0.25, 0.3) is 0 Å². The van der Waals surface area contributed by atoms with Gasteiger partial charge in [-0.2, -0.15) is 8.42 Å². The van der Waals surface area contributed by atoms with Crippen molar-refractivity contribution >= 4 is 18.2 Å². The van der Waals surface area contributed by atoms with Gasteiger partial charge in [-0.3, -0.25) is 4.18 Å². The molecule has 24 heavy (non-hydrogen) atoms. The van der Waals surface area contributed by atoms with Gasteiger partial charge in [0.15, 0.2) is 5.60 Å². The molecule has 0 heterocycles. The van der Waals surface area contributed by atoms with E-state index in [9.17, 15) is 13.5 Å². The van der Waals surface area contributed by atoms with Crippen LogP contribution in [0.5, 0.6) is 0 Å². The Labute approximate surface area is 146 Å². The summed E-state index contributed by atoms with van der Waals surface area (Å²) in [6.45, 7) is 8.16. The van der Waals surface area contributed by atoms with Crippen LogP contribution in [0.1, 0.15) is 31.2 Å². The molecule has 1 saturated carbocycles. The Bertz CT molecular complexity index is 738. The summed E-state index contributed by atoms with van der Waals surface area (Å²) in [5.74, 6) is 2.95. The van der Waals surface area contributed by atoms with E-state index in [2.05, 4.69) is 31.1 Å². The minimum atomic E-state index is -3.92. The molecule has 0 spiro atoms. The molecule has 1 aromatic rings. The standard InChI is InChI=1S/C18H26O4SSi/c1-15-8-10-16(11-9-15)23(20,21)22-17-7-5-6-12-18(17,19)13-14-24(2,3)4/h8-11,17,19H,5-7,12H2,1-4H3. The number of rotatable bonds is 3. The molecule has 2 unspecified atom stereocenters. The first-order chi connectivity index (χ1) is 11.0. The Kier molecular flexibility index (Phi) is 5.60. The average Bonchev–Trinajstić information content (AvgIpc) is 2.48. The second-order valence-corrected chi connectivity index (χ2v) is 13.8. The normalized spacial score (nSPS) is 25.0. The highest BCUT2D eigenvalue weighted by Gasteiger charge is 2.41. The summed E-state index contributed by atoms with van der Waals surface area (Å²) in [7, 11) is -5.59. The third kappa shape index (κ3) is 4.93. The molecule has 0 bridgehead atoms. The van der Waals surface area contributed by atoms with E-state index in [0.29, 0.717) is 12.8 Å². The zero-order chi connectivity index (χ0) is 18.0. The quantitative estimate of drug-likeness (QED) is 0.507. The maximum Gasteiger partial charge on any atom is 0.297 e. The number of aryl methyl sites for hydroxylation is 1. The Morgan fingerprint density at radius 3 is 2.42 bits per heavy atom. The first kappa shape index (κ1) is 19.2. The van der Waals surface area contributed by atoms with Crippen molar-refractivity contribution in [1.82, 2.24) is 0 Å². The summed E-state index contributed by atoms with van der Waals surface area (Å²) in [6, 6.07) is 6.52. The molecule has 1 aliphatic rings. The predicted molar refractivity (Wildman–Crippen MR) is 97.8 cm³/mol. The molecular formula is C18H26O4SSi. The van der Waals surface area contributed by atoms with Crippen molar-refractivity contribution in [1.29, 1.82) is 0 Å². The van der Waals surface area contributed by atoms with Crippen molar-refractivity contribution in [2.75, 3.05) is 0 Å². The monoisotopic (exact) mass is 366 g/mol. The number of hydrogen-bond acceptors (Lipinski definition) is 4. The number of benzene rings is 1. The third-order valence-corrected chi connectivity index (χ3v) is 6.22. The zero-order valence-electron chi connectivity index (χ0n) is 14.8. The predicted octanol–water partition coefficient (Wildman–Crippen LogP) is 3.25. The van der Waals surface area contributed by atoms with Gasteiger partial charge in [0.25, 0.3) is 10.1 Å². The summed E-state index contributed by atoms with van der Waals surface area (Å²) >= 11 is 0. The van der Waals surface area contributed by atoms with E-state index < -0.39 is 29.9 Å². The van der Waals surface area contributed by atoms with Crippen molar-refractivity contribution in [2.24, 2.45) is 0 Å². The van der Waals surface area contributed by atoms with Gasteiger partial charge >= 0.3 is 0 Å². The molecule has 132 valence electrons. The van der Waals surface area contributed by atoms with E-state index in [4.69, 9.17) is 4.18 Å². The topological polar surface area (TPSA) is 63.6 Å². The van der Waals surface area contributed by atoms with Crippen molar-refractivity contribution < 1.29 is 17.7 Å². The molecule has 0 saturated heterocycles. The molecule has 0 aliphatic heterocycles. The maximum absolute atomic E-state index is 12.5. The summed E-state index contributed by atoms with van der Waals surface area (Å²) in [5, 5.41) is 10.9. The fraction of sp³-hybridized carbons (Fsp3) is 0.556. The van der Waals surface area contributed by atoms with Crippen LogP contribution >= 0.6 is 0 Å². The van der Waals surface area contributed by atoms with Gasteiger partial charge in [0.05, 0.1) is 4.90 Å². The minimum Gasteiger partial charge on any atom is -0.375 e. The Morgan fingerprint density at radius 2 is 1.83 bits per heavy atom. The van der Waals surface area contributed by atoms with Gasteiger partial charge < -0.3 is 5.11 Å². The van der Waals surface area contributed by atoms with Crippen LogP contribution in [0.2, 0.25) is 19.6 Å². The molecule has 1 N–H and O–H groups in total. The van der Waals surface area contributed by atoms with Gasteiger partial charge in [-0.15, -0.1) is 5.54 Å². The molecular weight excluding hydrogens is 340 g/mol. The smallest absolute Gasteiger partial charge is 0.297 e.